The average molecular weight is 162 g/mol. The number of benzene rings is 1. The fourth-order valence-corrected chi connectivity index (χ4v) is 1.09. The van der Waals surface area contributed by atoms with Crippen molar-refractivity contribution in [1.82, 2.24) is 0 Å². The molecule has 12 heavy (non-hydrogen) atoms. The zero-order chi connectivity index (χ0) is 8.97. The van der Waals surface area contributed by atoms with Crippen molar-refractivity contribution < 1.29 is 4.74 Å². The van der Waals surface area contributed by atoms with Gasteiger partial charge in [0.25, 0.3) is 0 Å². The molecule has 0 saturated heterocycles. The molecule has 1 nitrogen and oxygen atoms in total. The lowest BCUT2D eigenvalue weighted by molar-refractivity contribution is 0.136. The second-order valence-electron chi connectivity index (χ2n) is 2.87. The normalized spacial score (nSPS) is 12.2. The van der Waals surface area contributed by atoms with Gasteiger partial charge in [-0.05, 0) is 19.4 Å². The summed E-state index contributed by atoms with van der Waals surface area (Å²) in [5.41, 5.74) is 1.18. The van der Waals surface area contributed by atoms with Crippen LogP contribution in [0.5, 0.6) is 0 Å². The molecule has 1 rings (SSSR count). The van der Waals surface area contributed by atoms with E-state index in [0.717, 1.165) is 5.76 Å². The van der Waals surface area contributed by atoms with Crippen LogP contribution in [0.3, 0.4) is 0 Å². The summed E-state index contributed by atoms with van der Waals surface area (Å²) in [6.07, 6.45) is 0.101. The van der Waals surface area contributed by atoms with Crippen molar-refractivity contribution in [3.05, 3.63) is 48.2 Å². The van der Waals surface area contributed by atoms with Crippen LogP contribution in [0, 0.1) is 0 Å². The molecule has 0 saturated carbocycles. The lowest BCUT2D eigenvalue weighted by Crippen LogP contribution is -1.96. The van der Waals surface area contributed by atoms with E-state index in [-0.39, 0.29) is 6.10 Å². The maximum Gasteiger partial charge on any atom is 0.120 e. The molecule has 1 aromatic rings. The van der Waals surface area contributed by atoms with E-state index >= 15 is 0 Å². The van der Waals surface area contributed by atoms with Gasteiger partial charge >= 0.3 is 0 Å². The first kappa shape index (κ1) is 8.85. The molecule has 0 aliphatic carbocycles. The third-order valence-electron chi connectivity index (χ3n) is 1.65. The van der Waals surface area contributed by atoms with Crippen molar-refractivity contribution in [3.8, 4) is 0 Å². The van der Waals surface area contributed by atoms with Crippen LogP contribution in [-0.4, -0.2) is 0 Å². The van der Waals surface area contributed by atoms with Crippen LogP contribution in [0.4, 0.5) is 0 Å². The van der Waals surface area contributed by atoms with Crippen LogP contribution in [0.15, 0.2) is 42.7 Å². The third-order valence-corrected chi connectivity index (χ3v) is 1.65. The standard InChI is InChI=1S/C11H14O/c1-9(2)12-10(3)11-7-5-4-6-8-11/h4-8,10H,1H2,2-3H3. The Morgan fingerprint density at radius 2 is 1.92 bits per heavy atom. The third kappa shape index (κ3) is 2.42. The van der Waals surface area contributed by atoms with Crippen molar-refractivity contribution in [2.45, 2.75) is 20.0 Å². The van der Waals surface area contributed by atoms with Gasteiger partial charge in [0, 0.05) is 0 Å². The molecule has 0 fully saturated rings. The van der Waals surface area contributed by atoms with E-state index in [0.29, 0.717) is 0 Å². The van der Waals surface area contributed by atoms with Crippen LogP contribution < -0.4 is 0 Å². The highest BCUT2D eigenvalue weighted by molar-refractivity contribution is 5.17. The van der Waals surface area contributed by atoms with Crippen molar-refractivity contribution >= 4 is 0 Å². The van der Waals surface area contributed by atoms with E-state index < -0.39 is 0 Å². The summed E-state index contributed by atoms with van der Waals surface area (Å²) in [4.78, 5) is 0. The van der Waals surface area contributed by atoms with E-state index in [9.17, 15) is 0 Å². The predicted octanol–water partition coefficient (Wildman–Crippen LogP) is 3.30. The number of rotatable bonds is 3. The van der Waals surface area contributed by atoms with Gasteiger partial charge in [-0.3, -0.25) is 0 Å². The van der Waals surface area contributed by atoms with Crippen LogP contribution in [-0.2, 0) is 4.74 Å². The molecule has 64 valence electrons. The maximum atomic E-state index is 5.44. The zero-order valence-electron chi connectivity index (χ0n) is 7.58. The Hall–Kier alpha value is -1.24. The molecular formula is C11H14O. The van der Waals surface area contributed by atoms with Crippen molar-refractivity contribution in [3.63, 3.8) is 0 Å². The molecular weight excluding hydrogens is 148 g/mol. The summed E-state index contributed by atoms with van der Waals surface area (Å²) in [5.74, 6) is 0.756. The first-order chi connectivity index (χ1) is 5.70. The Bertz CT molecular complexity index is 251. The van der Waals surface area contributed by atoms with Crippen LogP contribution in [0.25, 0.3) is 0 Å². The lowest BCUT2D eigenvalue weighted by atomic mass is 10.1. The fraction of sp³-hybridized carbons (Fsp3) is 0.273. The molecule has 0 heterocycles. The van der Waals surface area contributed by atoms with Gasteiger partial charge in [-0.15, -0.1) is 0 Å². The van der Waals surface area contributed by atoms with Gasteiger partial charge in [0.15, 0.2) is 0 Å². The van der Waals surface area contributed by atoms with Gasteiger partial charge in [0.1, 0.15) is 6.10 Å². The number of hydrogen-bond donors (Lipinski definition) is 0. The smallest absolute Gasteiger partial charge is 0.120 e. The van der Waals surface area contributed by atoms with E-state index in [4.69, 9.17) is 4.74 Å². The zero-order valence-corrected chi connectivity index (χ0v) is 7.58. The van der Waals surface area contributed by atoms with Crippen molar-refractivity contribution in [1.29, 1.82) is 0 Å². The molecule has 0 aliphatic heterocycles. The number of allylic oxidation sites excluding steroid dienone is 1. The Balaban J connectivity index is 2.65. The number of hydrogen-bond acceptors (Lipinski definition) is 1. The van der Waals surface area contributed by atoms with E-state index in [1.165, 1.54) is 5.56 Å². The molecule has 1 unspecified atom stereocenters. The second kappa shape index (κ2) is 3.96. The first-order valence-corrected chi connectivity index (χ1v) is 4.07. The summed E-state index contributed by atoms with van der Waals surface area (Å²) in [7, 11) is 0. The molecule has 1 aromatic carbocycles. The van der Waals surface area contributed by atoms with E-state index in [1.807, 2.05) is 44.2 Å². The summed E-state index contributed by atoms with van der Waals surface area (Å²) in [6, 6.07) is 10.1. The van der Waals surface area contributed by atoms with Gasteiger partial charge < -0.3 is 4.74 Å². The predicted molar refractivity (Wildman–Crippen MR) is 50.8 cm³/mol. The van der Waals surface area contributed by atoms with Crippen molar-refractivity contribution in [2.75, 3.05) is 0 Å². The quantitative estimate of drug-likeness (QED) is 0.619. The molecule has 0 radical (unpaired) electrons. The van der Waals surface area contributed by atoms with Gasteiger partial charge in [0.05, 0.1) is 5.76 Å². The van der Waals surface area contributed by atoms with Gasteiger partial charge in [-0.2, -0.15) is 0 Å². The largest absolute Gasteiger partial charge is 0.491 e. The Morgan fingerprint density at radius 3 is 2.42 bits per heavy atom. The molecule has 1 heteroatoms. The minimum atomic E-state index is 0.101. The topological polar surface area (TPSA) is 9.23 Å². The molecule has 0 aliphatic rings. The van der Waals surface area contributed by atoms with Crippen LogP contribution in [0.1, 0.15) is 25.5 Å². The fourth-order valence-electron chi connectivity index (χ4n) is 1.09. The minimum absolute atomic E-state index is 0.101. The highest BCUT2D eigenvalue weighted by Crippen LogP contribution is 2.18. The van der Waals surface area contributed by atoms with Gasteiger partial charge in [-0.1, -0.05) is 36.9 Å². The molecule has 1 atom stereocenters. The first-order valence-electron chi connectivity index (χ1n) is 4.07. The SMILES string of the molecule is C=C(C)OC(C)c1ccccc1. The highest BCUT2D eigenvalue weighted by Gasteiger charge is 2.03. The van der Waals surface area contributed by atoms with Gasteiger partial charge in [-0.25, -0.2) is 0 Å². The summed E-state index contributed by atoms with van der Waals surface area (Å²) in [6.45, 7) is 7.58. The van der Waals surface area contributed by atoms with Gasteiger partial charge in [0.2, 0.25) is 0 Å². The minimum Gasteiger partial charge on any atom is -0.491 e. The molecule has 0 aromatic heterocycles. The van der Waals surface area contributed by atoms with E-state index in [1.54, 1.807) is 0 Å². The second-order valence-corrected chi connectivity index (χ2v) is 2.87. The number of ether oxygens (including phenoxy) is 1. The average Bonchev–Trinajstić information content (AvgIpc) is 2.05. The highest BCUT2D eigenvalue weighted by atomic mass is 16.5. The molecule has 0 amide bonds. The Kier molecular flexibility index (Phi) is 2.92. The van der Waals surface area contributed by atoms with Crippen LogP contribution in [0.2, 0.25) is 0 Å². The van der Waals surface area contributed by atoms with Crippen molar-refractivity contribution in [2.24, 2.45) is 0 Å². The van der Waals surface area contributed by atoms with Crippen LogP contribution >= 0.6 is 0 Å². The molecule has 0 spiro atoms. The summed E-state index contributed by atoms with van der Waals surface area (Å²) < 4.78 is 5.44. The summed E-state index contributed by atoms with van der Waals surface area (Å²) in [5, 5.41) is 0. The maximum absolute atomic E-state index is 5.44. The van der Waals surface area contributed by atoms with E-state index in [2.05, 4.69) is 6.58 Å². The Morgan fingerprint density at radius 1 is 1.33 bits per heavy atom. The molecule has 0 N–H and O–H groups in total. The monoisotopic (exact) mass is 162 g/mol. The summed E-state index contributed by atoms with van der Waals surface area (Å²) >= 11 is 0. The lowest BCUT2D eigenvalue weighted by Gasteiger charge is -2.14. The Labute approximate surface area is 73.7 Å². The molecule has 0 bridgehead atoms.